The first-order valence-corrected chi connectivity index (χ1v) is 11.5. The highest BCUT2D eigenvalue weighted by molar-refractivity contribution is 14.1. The summed E-state index contributed by atoms with van der Waals surface area (Å²) in [6, 6.07) is 0. The Labute approximate surface area is 190 Å². The molecule has 0 radical (unpaired) electrons. The van der Waals surface area contributed by atoms with Crippen molar-refractivity contribution in [2.24, 2.45) is 0 Å². The Hall–Kier alpha value is -0.270. The number of nitrogens with one attached hydrogen (secondary N) is 2. The lowest BCUT2D eigenvalue weighted by molar-refractivity contribution is -0.115. The molecule has 1 aromatic rings. The van der Waals surface area contributed by atoms with Crippen LogP contribution in [0.15, 0.2) is 0 Å². The Morgan fingerprint density at radius 2 is 1.38 bits per heavy atom. The number of ether oxygens (including phenoxy) is 1. The minimum absolute atomic E-state index is 0.0439. The first-order valence-electron chi connectivity index (χ1n) is 6.71. The molecule has 144 valence electrons. The van der Waals surface area contributed by atoms with Crippen LogP contribution in [0.5, 0.6) is 0 Å². The average Bonchev–Trinajstić information content (AvgIpc) is 2.46. The van der Waals surface area contributed by atoms with Gasteiger partial charge in [0.2, 0.25) is 11.8 Å². The van der Waals surface area contributed by atoms with Crippen molar-refractivity contribution in [3.05, 3.63) is 16.3 Å². The second-order valence-electron chi connectivity index (χ2n) is 4.83. The Balaban J connectivity index is 3.42. The molecule has 0 spiro atoms. The third kappa shape index (κ3) is 6.71. The van der Waals surface area contributed by atoms with E-state index in [1.165, 1.54) is 13.8 Å². The van der Waals surface area contributed by atoms with Crippen molar-refractivity contribution in [2.45, 2.75) is 13.8 Å². The van der Waals surface area contributed by atoms with Gasteiger partial charge in [0.15, 0.2) is 0 Å². The van der Waals surface area contributed by atoms with E-state index in [4.69, 9.17) is 4.74 Å². The maximum atomic E-state index is 12.4. The van der Waals surface area contributed by atoms with Crippen LogP contribution in [0.3, 0.4) is 0 Å². The summed E-state index contributed by atoms with van der Waals surface area (Å²) >= 11 is 5.61. The summed E-state index contributed by atoms with van der Waals surface area (Å²) in [5.74, 6) is -2.50. The number of hydrogen-bond acceptors (Lipinski definition) is 7. The smallest absolute Gasteiger partial charge is 0.340 e. The maximum Gasteiger partial charge on any atom is 0.340 e. The molecule has 9 nitrogen and oxygen atoms in total. The molecular weight excluding hydrogens is 709 g/mol. The third-order valence-corrected chi connectivity index (χ3v) is 6.59. The minimum atomic E-state index is -4.52. The lowest BCUT2D eigenvalue weighted by atomic mass is 10.1. The van der Waals surface area contributed by atoms with Gasteiger partial charge in [-0.1, -0.05) is 0 Å². The number of esters is 1. The SMILES string of the molecule is CC(=O)Nc1c(I)c(NC(C)=O)c(I)c(C(=O)OCCS(=O)(=O)[O-])c1I. The van der Waals surface area contributed by atoms with E-state index in [1.807, 2.05) is 67.8 Å². The van der Waals surface area contributed by atoms with Gasteiger partial charge in [-0.25, -0.2) is 13.2 Å². The normalized spacial score (nSPS) is 11.0. The van der Waals surface area contributed by atoms with Crippen molar-refractivity contribution < 1.29 is 32.1 Å². The predicted octanol–water partition coefficient (Wildman–Crippen LogP) is 2.12. The molecule has 13 heteroatoms. The summed E-state index contributed by atoms with van der Waals surface area (Å²) in [7, 11) is -4.52. The van der Waals surface area contributed by atoms with Crippen LogP contribution in [0.4, 0.5) is 11.4 Å². The van der Waals surface area contributed by atoms with Gasteiger partial charge >= 0.3 is 5.97 Å². The van der Waals surface area contributed by atoms with Crippen LogP contribution >= 0.6 is 67.8 Å². The first kappa shape index (κ1) is 23.8. The maximum absolute atomic E-state index is 12.4. The summed E-state index contributed by atoms with van der Waals surface area (Å²) in [5.41, 5.74) is 0.667. The largest absolute Gasteiger partial charge is 0.748 e. The number of carbonyl (C=O) groups excluding carboxylic acids is 3. The lowest BCUT2D eigenvalue weighted by Gasteiger charge is -2.19. The number of anilines is 2. The minimum Gasteiger partial charge on any atom is -0.748 e. The predicted molar refractivity (Wildman–Crippen MR) is 118 cm³/mol. The summed E-state index contributed by atoms with van der Waals surface area (Å²) in [6.07, 6.45) is 0. The van der Waals surface area contributed by atoms with Crippen molar-refractivity contribution in [1.29, 1.82) is 0 Å². The fourth-order valence-corrected chi connectivity index (χ4v) is 6.16. The van der Waals surface area contributed by atoms with E-state index in [0.29, 0.717) is 22.1 Å². The Morgan fingerprint density at radius 1 is 0.962 bits per heavy atom. The molecule has 0 saturated heterocycles. The van der Waals surface area contributed by atoms with Gasteiger partial charge in [-0.2, -0.15) is 0 Å². The molecule has 0 aliphatic heterocycles. The van der Waals surface area contributed by atoms with Gasteiger partial charge in [0.25, 0.3) is 0 Å². The molecule has 0 fully saturated rings. The van der Waals surface area contributed by atoms with Gasteiger partial charge in [0, 0.05) is 13.8 Å². The van der Waals surface area contributed by atoms with Gasteiger partial charge in [0.1, 0.15) is 6.61 Å². The molecule has 2 amide bonds. The second-order valence-corrected chi connectivity index (χ2v) is 9.59. The van der Waals surface area contributed by atoms with E-state index < -0.39 is 28.4 Å². The molecule has 1 aromatic carbocycles. The summed E-state index contributed by atoms with van der Waals surface area (Å²) in [6.45, 7) is 1.98. The number of halogens is 3. The number of benzene rings is 1. The zero-order valence-corrected chi connectivity index (χ0v) is 20.6. The highest BCUT2D eigenvalue weighted by Crippen LogP contribution is 2.39. The van der Waals surface area contributed by atoms with Crippen LogP contribution in [0, 0.1) is 10.7 Å². The highest BCUT2D eigenvalue weighted by atomic mass is 127. The van der Waals surface area contributed by atoms with E-state index in [2.05, 4.69) is 10.6 Å². The number of amides is 2. The van der Waals surface area contributed by atoms with Crippen molar-refractivity contribution >= 4 is 107 Å². The van der Waals surface area contributed by atoms with Crippen LogP contribution < -0.4 is 10.6 Å². The van der Waals surface area contributed by atoms with Gasteiger partial charge in [-0.05, 0) is 67.8 Å². The molecule has 0 unspecified atom stereocenters. The Bertz CT molecular complexity index is 828. The Kier molecular flexibility index (Phi) is 8.94. The van der Waals surface area contributed by atoms with Crippen LogP contribution in [0.2, 0.25) is 0 Å². The molecule has 1 rings (SSSR count). The van der Waals surface area contributed by atoms with E-state index in [0.717, 1.165) is 0 Å². The van der Waals surface area contributed by atoms with Gasteiger partial charge in [0.05, 0.1) is 43.5 Å². The average molecular weight is 721 g/mol. The van der Waals surface area contributed by atoms with E-state index >= 15 is 0 Å². The molecule has 0 heterocycles. The second kappa shape index (κ2) is 9.78. The third-order valence-electron chi connectivity index (χ3n) is 2.69. The van der Waals surface area contributed by atoms with Gasteiger partial charge in [-0.15, -0.1) is 0 Å². The van der Waals surface area contributed by atoms with Crippen LogP contribution in [0.1, 0.15) is 24.2 Å². The summed E-state index contributed by atoms with van der Waals surface area (Å²) in [5, 5.41) is 5.19. The fraction of sp³-hybridized carbons (Fsp3) is 0.308. The molecule has 0 aromatic heterocycles. The monoisotopic (exact) mass is 721 g/mol. The molecular formula is C13H12I3N2O7S-. The first-order chi connectivity index (χ1) is 11.8. The molecule has 26 heavy (non-hydrogen) atoms. The lowest BCUT2D eigenvalue weighted by Crippen LogP contribution is -2.20. The van der Waals surface area contributed by atoms with Gasteiger partial charge < -0.3 is 19.9 Å². The van der Waals surface area contributed by atoms with E-state index in [9.17, 15) is 27.4 Å². The zero-order valence-electron chi connectivity index (χ0n) is 13.3. The molecule has 0 aliphatic carbocycles. The summed E-state index contributed by atoms with van der Waals surface area (Å²) in [4.78, 5) is 35.4. The molecule has 0 atom stereocenters. The molecule has 0 saturated carbocycles. The van der Waals surface area contributed by atoms with Crippen LogP contribution in [-0.4, -0.2) is 43.1 Å². The topological polar surface area (TPSA) is 142 Å². The molecule has 0 bridgehead atoms. The quantitative estimate of drug-likeness (QED) is 0.261. The van der Waals surface area contributed by atoms with Crippen molar-refractivity contribution in [1.82, 2.24) is 0 Å². The zero-order chi connectivity index (χ0) is 20.2. The van der Waals surface area contributed by atoms with Crippen LogP contribution in [-0.2, 0) is 24.4 Å². The molecule has 2 N–H and O–H groups in total. The fourth-order valence-electron chi connectivity index (χ4n) is 1.72. The highest BCUT2D eigenvalue weighted by Gasteiger charge is 2.26. The number of carbonyl (C=O) groups is 3. The molecule has 0 aliphatic rings. The van der Waals surface area contributed by atoms with Crippen molar-refractivity contribution in [3.8, 4) is 0 Å². The van der Waals surface area contributed by atoms with Crippen molar-refractivity contribution in [3.63, 3.8) is 0 Å². The standard InChI is InChI=1S/C13H13I3N2O7S/c1-5(19)17-11-8(14)7(13(21)25-3-4-26(22,23)24)9(15)12(10(11)16)18-6(2)20/h3-4H2,1-2H3,(H,17,19)(H,18,20)(H,22,23,24)/p-1. The summed E-state index contributed by atoms with van der Waals surface area (Å²) < 4.78 is 38.0. The Morgan fingerprint density at radius 3 is 1.73 bits per heavy atom. The van der Waals surface area contributed by atoms with Gasteiger partial charge in [-0.3, -0.25) is 9.59 Å². The van der Waals surface area contributed by atoms with E-state index in [1.54, 1.807) is 0 Å². The number of rotatable bonds is 6. The van der Waals surface area contributed by atoms with Crippen LogP contribution in [0.25, 0.3) is 0 Å². The van der Waals surface area contributed by atoms with E-state index in [-0.39, 0.29) is 17.4 Å². The van der Waals surface area contributed by atoms with Crippen molar-refractivity contribution in [2.75, 3.05) is 23.0 Å². The number of hydrogen-bond donors (Lipinski definition) is 2.